The summed E-state index contributed by atoms with van der Waals surface area (Å²) < 4.78 is 16.7. The monoisotopic (exact) mass is 404 g/mol. The number of amides is 2. The van der Waals surface area contributed by atoms with Crippen molar-refractivity contribution in [3.8, 4) is 5.75 Å². The molecule has 3 aliphatic rings. The van der Waals surface area contributed by atoms with Crippen LogP contribution < -0.4 is 15.4 Å². The van der Waals surface area contributed by atoms with Crippen LogP contribution in [0, 0.1) is 0 Å². The molecule has 4 rings (SSSR count). The van der Waals surface area contributed by atoms with Gasteiger partial charge < -0.3 is 30.0 Å². The number of carbonyl (C=O) groups is 2. The lowest BCUT2D eigenvalue weighted by Gasteiger charge is -2.36. The molecule has 1 aromatic carbocycles. The molecule has 4 atom stereocenters. The molecule has 1 saturated heterocycles. The van der Waals surface area contributed by atoms with Gasteiger partial charge in [-0.05, 0) is 37.5 Å². The molecule has 8 nitrogen and oxygen atoms in total. The van der Waals surface area contributed by atoms with E-state index in [2.05, 4.69) is 10.6 Å². The van der Waals surface area contributed by atoms with Crippen molar-refractivity contribution in [3.63, 3.8) is 0 Å². The third-order valence-electron chi connectivity index (χ3n) is 6.07. The molecule has 2 amide bonds. The molecule has 1 aliphatic carbocycles. The molecule has 1 aromatic rings. The number of methoxy groups -OCH3 is 1. The van der Waals surface area contributed by atoms with Gasteiger partial charge in [-0.1, -0.05) is 12.8 Å². The Morgan fingerprint density at radius 2 is 2.07 bits per heavy atom. The summed E-state index contributed by atoms with van der Waals surface area (Å²) in [5.74, 6) is 0.357. The zero-order chi connectivity index (χ0) is 20.4. The zero-order valence-electron chi connectivity index (χ0n) is 16.6. The summed E-state index contributed by atoms with van der Waals surface area (Å²) in [5.41, 5.74) is 1.66. The first-order valence-electron chi connectivity index (χ1n) is 10.3. The number of hydrogen-bond donors (Lipinski definition) is 3. The summed E-state index contributed by atoms with van der Waals surface area (Å²) in [7, 11) is 1.35. The second-order valence-corrected chi connectivity index (χ2v) is 8.02. The van der Waals surface area contributed by atoms with E-state index >= 15 is 0 Å². The Morgan fingerprint density at radius 1 is 1.28 bits per heavy atom. The maximum absolute atomic E-state index is 12.3. The van der Waals surface area contributed by atoms with Crippen molar-refractivity contribution in [3.05, 3.63) is 23.8 Å². The van der Waals surface area contributed by atoms with Crippen LogP contribution in [0.1, 0.15) is 50.0 Å². The van der Waals surface area contributed by atoms with Crippen molar-refractivity contribution in [1.82, 2.24) is 5.32 Å². The fourth-order valence-electron chi connectivity index (χ4n) is 4.66. The number of carbonyl (C=O) groups excluding carboxylic acids is 2. The van der Waals surface area contributed by atoms with Crippen LogP contribution in [0.4, 0.5) is 10.5 Å². The highest BCUT2D eigenvalue weighted by molar-refractivity contribution is 5.89. The maximum atomic E-state index is 12.3. The summed E-state index contributed by atoms with van der Waals surface area (Å²) in [6.07, 6.45) is 3.91. The molecule has 8 heteroatoms. The molecule has 0 radical (unpaired) electrons. The Bertz CT molecular complexity index is 764. The predicted octanol–water partition coefficient (Wildman–Crippen LogP) is 2.31. The van der Waals surface area contributed by atoms with Gasteiger partial charge in [0.25, 0.3) is 0 Å². The van der Waals surface area contributed by atoms with Gasteiger partial charge in [0.15, 0.2) is 0 Å². The summed E-state index contributed by atoms with van der Waals surface area (Å²) in [4.78, 5) is 24.0. The van der Waals surface area contributed by atoms with Crippen molar-refractivity contribution >= 4 is 17.7 Å². The number of esters is 1. The first kappa shape index (κ1) is 20.0. The Balaban J connectivity index is 1.47. The molecule has 0 unspecified atom stereocenters. The van der Waals surface area contributed by atoms with E-state index in [4.69, 9.17) is 14.2 Å². The first-order valence-corrected chi connectivity index (χ1v) is 10.3. The summed E-state index contributed by atoms with van der Waals surface area (Å²) in [6.45, 7) is -0.193. The summed E-state index contributed by atoms with van der Waals surface area (Å²) in [5, 5.41) is 15.7. The number of aliphatic hydroxyl groups excluding tert-OH is 1. The molecule has 0 aromatic heterocycles. The zero-order valence-corrected chi connectivity index (χ0v) is 16.6. The minimum absolute atomic E-state index is 0.0230. The molecule has 1 saturated carbocycles. The molecule has 3 N–H and O–H groups in total. The lowest BCUT2D eigenvalue weighted by atomic mass is 9.84. The number of urea groups is 1. The van der Waals surface area contributed by atoms with Crippen molar-refractivity contribution in [2.45, 2.75) is 68.8 Å². The molecule has 0 bridgehead atoms. The van der Waals surface area contributed by atoms with Crippen molar-refractivity contribution in [1.29, 1.82) is 0 Å². The number of aliphatic hydroxyl groups is 1. The summed E-state index contributed by atoms with van der Waals surface area (Å²) in [6, 6.07) is 5.62. The first-order chi connectivity index (χ1) is 14.1. The third-order valence-corrected chi connectivity index (χ3v) is 6.07. The van der Waals surface area contributed by atoms with Crippen molar-refractivity contribution in [2.24, 2.45) is 0 Å². The van der Waals surface area contributed by atoms with Gasteiger partial charge in [-0.25, -0.2) is 4.79 Å². The molecule has 158 valence electrons. The number of fused-ring (bicyclic) bond motifs is 3. The van der Waals surface area contributed by atoms with Crippen LogP contribution in [0.5, 0.6) is 5.75 Å². The van der Waals surface area contributed by atoms with E-state index in [1.807, 2.05) is 18.2 Å². The number of nitrogens with one attached hydrogen (secondary N) is 2. The number of benzene rings is 1. The van der Waals surface area contributed by atoms with Gasteiger partial charge in [0.1, 0.15) is 18.0 Å². The van der Waals surface area contributed by atoms with Crippen LogP contribution in [0.25, 0.3) is 0 Å². The van der Waals surface area contributed by atoms with Crippen LogP contribution in [-0.4, -0.2) is 55.2 Å². The number of rotatable bonds is 5. The highest BCUT2D eigenvalue weighted by Gasteiger charge is 2.46. The van der Waals surface area contributed by atoms with E-state index in [1.165, 1.54) is 7.11 Å². The summed E-state index contributed by atoms with van der Waals surface area (Å²) >= 11 is 0. The van der Waals surface area contributed by atoms with Gasteiger partial charge in [-0.3, -0.25) is 4.79 Å². The van der Waals surface area contributed by atoms with E-state index < -0.39 is 6.10 Å². The normalized spacial score (nSPS) is 28.2. The van der Waals surface area contributed by atoms with Gasteiger partial charge >= 0.3 is 12.0 Å². The fourth-order valence-corrected chi connectivity index (χ4v) is 4.66. The highest BCUT2D eigenvalue weighted by atomic mass is 16.6. The van der Waals surface area contributed by atoms with Crippen molar-refractivity contribution < 1.29 is 28.9 Å². The maximum Gasteiger partial charge on any atom is 0.319 e. The SMILES string of the molecule is COC(=O)C[C@H]1C[C@@H]2c3cc(NC(=O)NC4CCCC4)ccc3O[C@@H]2[C@H](CO)O1. The fraction of sp³-hybridized carbons (Fsp3) is 0.619. The van der Waals surface area contributed by atoms with Gasteiger partial charge in [-0.15, -0.1) is 0 Å². The number of anilines is 1. The van der Waals surface area contributed by atoms with Crippen molar-refractivity contribution in [2.75, 3.05) is 19.0 Å². The Kier molecular flexibility index (Phi) is 5.91. The van der Waals surface area contributed by atoms with Gasteiger partial charge in [0.2, 0.25) is 0 Å². The minimum atomic E-state index is -0.516. The average Bonchev–Trinajstić information content (AvgIpc) is 3.34. The van der Waals surface area contributed by atoms with Crippen LogP contribution >= 0.6 is 0 Å². The van der Waals surface area contributed by atoms with Gasteiger partial charge in [-0.2, -0.15) is 0 Å². The van der Waals surface area contributed by atoms with E-state index in [-0.39, 0.29) is 49.2 Å². The molecule has 29 heavy (non-hydrogen) atoms. The van der Waals surface area contributed by atoms with Crippen LogP contribution in [0.3, 0.4) is 0 Å². The molecule has 2 fully saturated rings. The van der Waals surface area contributed by atoms with E-state index in [0.717, 1.165) is 37.0 Å². The molecular weight excluding hydrogens is 376 g/mol. The lowest BCUT2D eigenvalue weighted by Crippen LogP contribution is -2.46. The largest absolute Gasteiger partial charge is 0.487 e. The Morgan fingerprint density at radius 3 is 2.79 bits per heavy atom. The molecule has 2 heterocycles. The number of hydrogen-bond acceptors (Lipinski definition) is 6. The minimum Gasteiger partial charge on any atom is -0.487 e. The molecule has 2 aliphatic heterocycles. The number of ether oxygens (including phenoxy) is 3. The Hall–Kier alpha value is -2.32. The Labute approximate surface area is 169 Å². The van der Waals surface area contributed by atoms with Crippen LogP contribution in [0.2, 0.25) is 0 Å². The average molecular weight is 404 g/mol. The van der Waals surface area contributed by atoms with Crippen LogP contribution in [0.15, 0.2) is 18.2 Å². The molecule has 0 spiro atoms. The van der Waals surface area contributed by atoms with Gasteiger partial charge in [0.05, 0.1) is 26.2 Å². The topological polar surface area (TPSA) is 106 Å². The van der Waals surface area contributed by atoms with E-state index in [1.54, 1.807) is 0 Å². The molecular formula is C21H28N2O6. The van der Waals surface area contributed by atoms with E-state index in [9.17, 15) is 14.7 Å². The standard InChI is InChI=1S/C21H28N2O6/c1-27-19(25)10-14-9-16-15-8-13(23-21(26)22-12-4-2-3-5-12)6-7-17(15)29-20(16)18(11-24)28-14/h6-8,12,14,16,18,20,24H,2-5,9-11H2,1H3,(H2,22,23,26)/t14-,16-,18+,20+/m1/s1. The van der Waals surface area contributed by atoms with Crippen LogP contribution in [-0.2, 0) is 14.3 Å². The smallest absolute Gasteiger partial charge is 0.319 e. The van der Waals surface area contributed by atoms with E-state index in [0.29, 0.717) is 12.1 Å². The lowest BCUT2D eigenvalue weighted by molar-refractivity contribution is -0.156. The second-order valence-electron chi connectivity index (χ2n) is 8.02. The van der Waals surface area contributed by atoms with Gasteiger partial charge in [0, 0.05) is 23.2 Å². The third kappa shape index (κ3) is 4.33. The quantitative estimate of drug-likeness (QED) is 0.651. The predicted molar refractivity (Wildman–Crippen MR) is 105 cm³/mol. The highest BCUT2D eigenvalue weighted by Crippen LogP contribution is 2.47. The second kappa shape index (κ2) is 8.59.